The molecule has 0 saturated carbocycles. The maximum absolute atomic E-state index is 12.1. The summed E-state index contributed by atoms with van der Waals surface area (Å²) in [6, 6.07) is 12.0. The Bertz CT molecular complexity index is 782. The van der Waals surface area contributed by atoms with Crippen molar-refractivity contribution < 1.29 is 13.2 Å². The number of nitrogens with one attached hydrogen (secondary N) is 1. The summed E-state index contributed by atoms with van der Waals surface area (Å²) < 4.78 is 29.2. The number of hydrogen-bond acceptors (Lipinski definition) is 4. The summed E-state index contributed by atoms with van der Waals surface area (Å²) in [4.78, 5) is 2.34. The second kappa shape index (κ2) is 6.62. The van der Waals surface area contributed by atoms with Crippen molar-refractivity contribution in [3.8, 4) is 5.75 Å². The van der Waals surface area contributed by atoms with Gasteiger partial charge in [-0.05, 0) is 49.2 Å². The van der Waals surface area contributed by atoms with E-state index in [9.17, 15) is 8.42 Å². The van der Waals surface area contributed by atoms with Gasteiger partial charge in [-0.2, -0.15) is 13.5 Å². The Hall–Kier alpha value is -2.34. The van der Waals surface area contributed by atoms with Gasteiger partial charge in [0, 0.05) is 0 Å². The van der Waals surface area contributed by atoms with Gasteiger partial charge in [0.05, 0.1) is 18.2 Å². The second-order valence-corrected chi connectivity index (χ2v) is 6.55. The van der Waals surface area contributed by atoms with Gasteiger partial charge in [-0.15, -0.1) is 0 Å². The molecule has 0 bridgehead atoms. The molecule has 22 heavy (non-hydrogen) atoms. The van der Waals surface area contributed by atoms with E-state index in [-0.39, 0.29) is 4.90 Å². The van der Waals surface area contributed by atoms with Crippen LogP contribution in [0, 0.1) is 13.8 Å². The molecule has 0 spiro atoms. The number of benzene rings is 2. The number of ether oxygens (including phenoxy) is 1. The van der Waals surface area contributed by atoms with Crippen LogP contribution in [0.5, 0.6) is 5.75 Å². The van der Waals surface area contributed by atoms with E-state index in [0.29, 0.717) is 5.75 Å². The summed E-state index contributed by atoms with van der Waals surface area (Å²) in [5, 5.41) is 3.84. The van der Waals surface area contributed by atoms with Crippen molar-refractivity contribution in [1.82, 2.24) is 4.83 Å². The summed E-state index contributed by atoms with van der Waals surface area (Å²) in [5.74, 6) is 0.595. The van der Waals surface area contributed by atoms with Crippen molar-refractivity contribution in [3.63, 3.8) is 0 Å². The highest BCUT2D eigenvalue weighted by Crippen LogP contribution is 2.15. The number of methoxy groups -OCH3 is 1. The Balaban J connectivity index is 2.14. The predicted octanol–water partition coefficient (Wildman–Crippen LogP) is 2.62. The molecule has 0 aliphatic rings. The molecule has 6 heteroatoms. The Labute approximate surface area is 130 Å². The topological polar surface area (TPSA) is 67.8 Å². The van der Waals surface area contributed by atoms with Gasteiger partial charge in [-0.1, -0.05) is 23.8 Å². The predicted molar refractivity (Wildman–Crippen MR) is 86.8 cm³/mol. The summed E-state index contributed by atoms with van der Waals surface area (Å²) in [6.07, 6.45) is 1.50. The molecule has 0 aromatic heterocycles. The number of hydrazone groups is 1. The minimum absolute atomic E-state index is 0.131. The fraction of sp³-hybridized carbons (Fsp3) is 0.188. The monoisotopic (exact) mass is 318 g/mol. The third-order valence-corrected chi connectivity index (χ3v) is 4.42. The molecule has 0 radical (unpaired) electrons. The van der Waals surface area contributed by atoms with Crippen molar-refractivity contribution in [1.29, 1.82) is 0 Å². The standard InChI is InChI=1S/C16H18N2O3S/c1-12-4-5-13(2)14(10-12)11-17-18-22(19,20)16-8-6-15(21-3)7-9-16/h4-11,18H,1-3H3/b17-11+. The number of hydrogen-bond donors (Lipinski definition) is 1. The highest BCUT2D eigenvalue weighted by molar-refractivity contribution is 7.89. The lowest BCUT2D eigenvalue weighted by atomic mass is 10.1. The Morgan fingerprint density at radius 1 is 1.09 bits per heavy atom. The molecule has 2 aromatic carbocycles. The lowest BCUT2D eigenvalue weighted by molar-refractivity contribution is 0.414. The number of sulfonamides is 1. The first-order valence-electron chi connectivity index (χ1n) is 6.68. The van der Waals surface area contributed by atoms with E-state index in [0.717, 1.165) is 16.7 Å². The van der Waals surface area contributed by atoms with Crippen LogP contribution in [0.4, 0.5) is 0 Å². The zero-order valence-corrected chi connectivity index (χ0v) is 13.5. The largest absolute Gasteiger partial charge is 0.497 e. The van der Waals surface area contributed by atoms with Crippen LogP contribution in [0.25, 0.3) is 0 Å². The Morgan fingerprint density at radius 2 is 1.77 bits per heavy atom. The van der Waals surface area contributed by atoms with E-state index in [1.165, 1.54) is 25.5 Å². The van der Waals surface area contributed by atoms with E-state index in [1.807, 2.05) is 32.0 Å². The average Bonchev–Trinajstić information content (AvgIpc) is 2.50. The van der Waals surface area contributed by atoms with E-state index in [4.69, 9.17) is 4.74 Å². The molecule has 2 aromatic rings. The highest BCUT2D eigenvalue weighted by atomic mass is 32.2. The molecule has 0 fully saturated rings. The van der Waals surface area contributed by atoms with Crippen LogP contribution < -0.4 is 9.57 Å². The van der Waals surface area contributed by atoms with Crippen LogP contribution in [-0.2, 0) is 10.0 Å². The molecule has 0 amide bonds. The SMILES string of the molecule is COc1ccc(S(=O)(=O)N/N=C/c2cc(C)ccc2C)cc1. The lowest BCUT2D eigenvalue weighted by Crippen LogP contribution is -2.18. The average molecular weight is 318 g/mol. The first-order chi connectivity index (χ1) is 10.4. The van der Waals surface area contributed by atoms with E-state index >= 15 is 0 Å². The number of nitrogens with zero attached hydrogens (tertiary/aromatic N) is 1. The van der Waals surface area contributed by atoms with Crippen LogP contribution in [0.1, 0.15) is 16.7 Å². The summed E-state index contributed by atoms with van der Waals surface area (Å²) in [7, 11) is -2.16. The second-order valence-electron chi connectivity index (χ2n) is 4.89. The molecule has 5 nitrogen and oxygen atoms in total. The fourth-order valence-electron chi connectivity index (χ4n) is 1.87. The van der Waals surface area contributed by atoms with Crippen LogP contribution >= 0.6 is 0 Å². The normalized spacial score (nSPS) is 11.6. The molecule has 0 atom stereocenters. The summed E-state index contributed by atoms with van der Waals surface area (Å²) in [5.41, 5.74) is 2.99. The van der Waals surface area contributed by atoms with Crippen LogP contribution in [0.3, 0.4) is 0 Å². The van der Waals surface area contributed by atoms with Gasteiger partial charge in [0.1, 0.15) is 5.75 Å². The van der Waals surface area contributed by atoms with Gasteiger partial charge in [-0.3, -0.25) is 0 Å². The van der Waals surface area contributed by atoms with Gasteiger partial charge >= 0.3 is 0 Å². The molecule has 0 aliphatic heterocycles. The Kier molecular flexibility index (Phi) is 4.82. The van der Waals surface area contributed by atoms with E-state index in [2.05, 4.69) is 9.93 Å². The maximum atomic E-state index is 12.1. The van der Waals surface area contributed by atoms with Crippen molar-refractivity contribution in [2.45, 2.75) is 18.7 Å². The van der Waals surface area contributed by atoms with E-state index in [1.54, 1.807) is 12.1 Å². The molecular formula is C16H18N2O3S. The number of aryl methyl sites for hydroxylation is 2. The smallest absolute Gasteiger partial charge is 0.276 e. The summed E-state index contributed by atoms with van der Waals surface area (Å²) >= 11 is 0. The quantitative estimate of drug-likeness (QED) is 0.680. The molecule has 0 aliphatic carbocycles. The first-order valence-corrected chi connectivity index (χ1v) is 8.17. The van der Waals surface area contributed by atoms with Gasteiger partial charge < -0.3 is 4.74 Å². The molecule has 2 rings (SSSR count). The third-order valence-electron chi connectivity index (χ3n) is 3.18. The Morgan fingerprint density at radius 3 is 2.41 bits per heavy atom. The molecule has 0 heterocycles. The van der Waals surface area contributed by atoms with Gasteiger partial charge in [-0.25, -0.2) is 4.83 Å². The molecule has 116 valence electrons. The first kappa shape index (κ1) is 16.0. The molecule has 1 N–H and O–H groups in total. The summed E-state index contributed by atoms with van der Waals surface area (Å²) in [6.45, 7) is 3.91. The minimum atomic E-state index is -3.68. The van der Waals surface area contributed by atoms with Crippen LogP contribution in [0.2, 0.25) is 0 Å². The van der Waals surface area contributed by atoms with Gasteiger partial charge in [0.2, 0.25) is 0 Å². The molecule has 0 unspecified atom stereocenters. The van der Waals surface area contributed by atoms with Crippen molar-refractivity contribution >= 4 is 16.2 Å². The molecule has 0 saturated heterocycles. The van der Waals surface area contributed by atoms with Crippen LogP contribution in [-0.4, -0.2) is 21.7 Å². The zero-order valence-electron chi connectivity index (χ0n) is 12.7. The highest BCUT2D eigenvalue weighted by Gasteiger charge is 2.12. The number of rotatable bonds is 5. The maximum Gasteiger partial charge on any atom is 0.276 e. The van der Waals surface area contributed by atoms with Crippen molar-refractivity contribution in [2.24, 2.45) is 5.10 Å². The van der Waals surface area contributed by atoms with Gasteiger partial charge in [0.25, 0.3) is 10.0 Å². The third kappa shape index (κ3) is 3.85. The van der Waals surface area contributed by atoms with E-state index < -0.39 is 10.0 Å². The van der Waals surface area contributed by atoms with Crippen LogP contribution in [0.15, 0.2) is 52.5 Å². The minimum Gasteiger partial charge on any atom is -0.497 e. The fourth-order valence-corrected chi connectivity index (χ4v) is 2.66. The zero-order chi connectivity index (χ0) is 16.2. The lowest BCUT2D eigenvalue weighted by Gasteiger charge is -2.05. The van der Waals surface area contributed by atoms with Gasteiger partial charge in [0.15, 0.2) is 0 Å². The molecular weight excluding hydrogens is 300 g/mol. The van der Waals surface area contributed by atoms with Crippen molar-refractivity contribution in [3.05, 3.63) is 59.2 Å². The van der Waals surface area contributed by atoms with Crippen molar-refractivity contribution in [2.75, 3.05) is 7.11 Å².